The normalized spacial score (nSPS) is 13.2. The van der Waals surface area contributed by atoms with Gasteiger partial charge in [-0.1, -0.05) is 6.07 Å². The molecule has 29 heavy (non-hydrogen) atoms. The number of benzene rings is 2. The Morgan fingerprint density at radius 2 is 1.83 bits per heavy atom. The second-order valence-electron chi connectivity index (χ2n) is 7.32. The van der Waals surface area contributed by atoms with E-state index in [0.29, 0.717) is 30.2 Å². The molecule has 3 rings (SSSR count). The van der Waals surface area contributed by atoms with Crippen molar-refractivity contribution in [1.82, 2.24) is 4.90 Å². The quantitative estimate of drug-likeness (QED) is 0.585. The molecule has 0 unspecified atom stereocenters. The number of nitrogens with zero attached hydrogens (tertiary/aromatic N) is 1. The smallest absolute Gasteiger partial charge is 0.223 e. The minimum atomic E-state index is -3.48. The van der Waals surface area contributed by atoms with Gasteiger partial charge in [-0.25, -0.2) is 12.8 Å². The van der Waals surface area contributed by atoms with Crippen LogP contribution in [0.15, 0.2) is 47.4 Å². The molecular weight excluding hydrogens is 393 g/mol. The lowest BCUT2D eigenvalue weighted by Gasteiger charge is -2.17. The summed E-state index contributed by atoms with van der Waals surface area (Å²) in [5, 5.41) is 0. The molecule has 0 aliphatic heterocycles. The molecule has 1 aliphatic rings. The van der Waals surface area contributed by atoms with Crippen molar-refractivity contribution in [1.29, 1.82) is 0 Å². The maximum atomic E-state index is 12.9. The van der Waals surface area contributed by atoms with Crippen molar-refractivity contribution < 1.29 is 22.3 Å². The number of amides is 1. The molecule has 0 fully saturated rings. The van der Waals surface area contributed by atoms with Crippen LogP contribution in [0.3, 0.4) is 0 Å². The topological polar surface area (TPSA) is 63.7 Å². The van der Waals surface area contributed by atoms with Gasteiger partial charge in [0.05, 0.1) is 17.3 Å². The van der Waals surface area contributed by atoms with E-state index in [-0.39, 0.29) is 23.9 Å². The molecule has 156 valence electrons. The highest BCUT2D eigenvalue weighted by Crippen LogP contribution is 2.25. The van der Waals surface area contributed by atoms with Crippen LogP contribution in [0.4, 0.5) is 4.39 Å². The predicted octanol–water partition coefficient (Wildman–Crippen LogP) is 3.41. The highest BCUT2D eigenvalue weighted by Gasteiger charge is 2.20. The van der Waals surface area contributed by atoms with Crippen molar-refractivity contribution in [3.05, 3.63) is 59.4 Å². The SMILES string of the molecule is CN(CCCOc1ccc(F)cc1)C(=O)CCS(=O)(=O)c1ccc2c(c1)CCC2. The van der Waals surface area contributed by atoms with Crippen LogP contribution in [0, 0.1) is 5.82 Å². The first-order valence-corrected chi connectivity index (χ1v) is 11.5. The second kappa shape index (κ2) is 9.39. The maximum absolute atomic E-state index is 12.9. The molecule has 0 saturated carbocycles. The number of hydrogen-bond acceptors (Lipinski definition) is 4. The Morgan fingerprint density at radius 3 is 2.59 bits per heavy atom. The van der Waals surface area contributed by atoms with E-state index in [0.717, 1.165) is 24.8 Å². The molecule has 0 N–H and O–H groups in total. The third-order valence-electron chi connectivity index (χ3n) is 5.16. The molecule has 7 heteroatoms. The lowest BCUT2D eigenvalue weighted by atomic mass is 10.1. The lowest BCUT2D eigenvalue weighted by molar-refractivity contribution is -0.129. The summed E-state index contributed by atoms with van der Waals surface area (Å²) in [5.74, 6) is -0.157. The van der Waals surface area contributed by atoms with E-state index < -0.39 is 9.84 Å². The van der Waals surface area contributed by atoms with Gasteiger partial charge < -0.3 is 9.64 Å². The van der Waals surface area contributed by atoms with Crippen LogP contribution in [0.25, 0.3) is 0 Å². The second-order valence-corrected chi connectivity index (χ2v) is 9.43. The van der Waals surface area contributed by atoms with Crippen LogP contribution >= 0.6 is 0 Å². The molecule has 0 saturated heterocycles. The fourth-order valence-electron chi connectivity index (χ4n) is 3.42. The zero-order valence-corrected chi connectivity index (χ0v) is 17.4. The summed E-state index contributed by atoms with van der Waals surface area (Å²) in [6, 6.07) is 11.1. The summed E-state index contributed by atoms with van der Waals surface area (Å²) < 4.78 is 43.5. The van der Waals surface area contributed by atoms with E-state index in [1.54, 1.807) is 31.3 Å². The number of rotatable bonds is 9. The van der Waals surface area contributed by atoms with Crippen LogP contribution in [0.1, 0.15) is 30.4 Å². The molecule has 0 aromatic heterocycles. The molecular formula is C22H26FNO4S. The number of carbonyl (C=O) groups excluding carboxylic acids is 1. The fourth-order valence-corrected chi connectivity index (χ4v) is 4.70. The van der Waals surface area contributed by atoms with Crippen molar-refractivity contribution in [3.63, 3.8) is 0 Å². The van der Waals surface area contributed by atoms with E-state index >= 15 is 0 Å². The summed E-state index contributed by atoms with van der Waals surface area (Å²) in [5.41, 5.74) is 2.33. The number of aryl methyl sites for hydroxylation is 2. The first-order chi connectivity index (χ1) is 13.8. The summed E-state index contributed by atoms with van der Waals surface area (Å²) in [6.45, 7) is 0.843. The Hall–Kier alpha value is -2.41. The third kappa shape index (κ3) is 5.79. The van der Waals surface area contributed by atoms with Gasteiger partial charge in [0, 0.05) is 20.0 Å². The fraction of sp³-hybridized carbons (Fsp3) is 0.409. The van der Waals surface area contributed by atoms with Crippen molar-refractivity contribution >= 4 is 15.7 Å². The Balaban J connectivity index is 1.42. The van der Waals surface area contributed by atoms with Gasteiger partial charge in [-0.2, -0.15) is 0 Å². The zero-order chi connectivity index (χ0) is 20.9. The Morgan fingerprint density at radius 1 is 1.10 bits per heavy atom. The van der Waals surface area contributed by atoms with E-state index in [4.69, 9.17) is 4.74 Å². The van der Waals surface area contributed by atoms with Gasteiger partial charge in [-0.15, -0.1) is 0 Å². The third-order valence-corrected chi connectivity index (χ3v) is 6.87. The van der Waals surface area contributed by atoms with Gasteiger partial charge >= 0.3 is 0 Å². The molecule has 0 bridgehead atoms. The largest absolute Gasteiger partial charge is 0.494 e. The van der Waals surface area contributed by atoms with E-state index in [2.05, 4.69) is 0 Å². The van der Waals surface area contributed by atoms with Crippen LogP contribution in [0.5, 0.6) is 5.75 Å². The van der Waals surface area contributed by atoms with Crippen molar-refractivity contribution in [2.45, 2.75) is 37.0 Å². The number of hydrogen-bond donors (Lipinski definition) is 0. The highest BCUT2D eigenvalue weighted by atomic mass is 32.2. The number of carbonyl (C=O) groups is 1. The van der Waals surface area contributed by atoms with Crippen LogP contribution in [0.2, 0.25) is 0 Å². The average molecular weight is 420 g/mol. The van der Waals surface area contributed by atoms with Crippen molar-refractivity contribution in [3.8, 4) is 5.75 Å². The van der Waals surface area contributed by atoms with Crippen LogP contribution in [-0.4, -0.2) is 45.2 Å². The minimum Gasteiger partial charge on any atom is -0.494 e. The van der Waals surface area contributed by atoms with Crippen LogP contribution < -0.4 is 4.74 Å². The standard InChI is InChI=1S/C22H26FNO4S/c1-24(13-3-14-28-20-9-7-19(23)8-10-20)22(25)12-15-29(26,27)21-11-6-17-4-2-5-18(17)16-21/h6-11,16H,2-5,12-15H2,1H3. The average Bonchev–Trinajstić information content (AvgIpc) is 3.18. The van der Waals surface area contributed by atoms with E-state index in [1.165, 1.54) is 22.6 Å². The first kappa shape index (κ1) is 21.3. The Bertz CT molecular complexity index is 957. The van der Waals surface area contributed by atoms with Gasteiger partial charge in [0.15, 0.2) is 9.84 Å². The Kier molecular flexibility index (Phi) is 6.90. The zero-order valence-electron chi connectivity index (χ0n) is 16.6. The number of halogens is 1. The summed E-state index contributed by atoms with van der Waals surface area (Å²) in [4.78, 5) is 14.1. The minimum absolute atomic E-state index is 0.0469. The van der Waals surface area contributed by atoms with Crippen molar-refractivity contribution in [2.75, 3.05) is 26.0 Å². The highest BCUT2D eigenvalue weighted by molar-refractivity contribution is 7.91. The summed E-state index contributed by atoms with van der Waals surface area (Å²) in [7, 11) is -1.82. The maximum Gasteiger partial charge on any atom is 0.223 e. The van der Waals surface area contributed by atoms with Gasteiger partial charge in [-0.3, -0.25) is 4.79 Å². The number of ether oxygens (including phenoxy) is 1. The van der Waals surface area contributed by atoms with Crippen molar-refractivity contribution in [2.24, 2.45) is 0 Å². The van der Waals surface area contributed by atoms with Gasteiger partial charge in [0.1, 0.15) is 11.6 Å². The summed E-state index contributed by atoms with van der Waals surface area (Å²) >= 11 is 0. The molecule has 0 radical (unpaired) electrons. The molecule has 2 aromatic carbocycles. The molecule has 0 atom stereocenters. The molecule has 0 spiro atoms. The molecule has 0 heterocycles. The Labute approximate surface area is 171 Å². The predicted molar refractivity (Wildman–Crippen MR) is 109 cm³/mol. The van der Waals surface area contributed by atoms with Gasteiger partial charge in [0.2, 0.25) is 5.91 Å². The van der Waals surface area contributed by atoms with Gasteiger partial charge in [-0.05, 0) is 73.2 Å². The lowest BCUT2D eigenvalue weighted by Crippen LogP contribution is -2.30. The van der Waals surface area contributed by atoms with E-state index in [9.17, 15) is 17.6 Å². The molecule has 5 nitrogen and oxygen atoms in total. The van der Waals surface area contributed by atoms with Gasteiger partial charge in [0.25, 0.3) is 0 Å². The number of sulfone groups is 1. The summed E-state index contributed by atoms with van der Waals surface area (Å²) in [6.07, 6.45) is 3.53. The van der Waals surface area contributed by atoms with E-state index in [1.807, 2.05) is 6.07 Å². The number of fused-ring (bicyclic) bond motifs is 1. The first-order valence-electron chi connectivity index (χ1n) is 9.82. The molecule has 1 amide bonds. The van der Waals surface area contributed by atoms with Crippen LogP contribution in [-0.2, 0) is 27.5 Å². The molecule has 1 aliphatic carbocycles. The molecule has 2 aromatic rings. The monoisotopic (exact) mass is 419 g/mol.